The van der Waals surface area contributed by atoms with Gasteiger partial charge in [-0.3, -0.25) is 19.2 Å². The molecule has 0 heterocycles. The minimum absolute atomic E-state index is 0.0211. The molecule has 4 rings (SSSR count). The van der Waals surface area contributed by atoms with Crippen molar-refractivity contribution < 1.29 is 96.2 Å². The average molecular weight is 905 g/mol. The van der Waals surface area contributed by atoms with Gasteiger partial charge in [-0.25, -0.2) is 26.3 Å². The molecule has 13 nitrogen and oxygen atoms in total. The van der Waals surface area contributed by atoms with Gasteiger partial charge in [-0.05, 0) is 18.4 Å². The second-order valence-corrected chi connectivity index (χ2v) is 13.7. The highest BCUT2D eigenvalue weighted by Gasteiger charge is 2.34. The monoisotopic (exact) mass is 904 g/mol. The van der Waals surface area contributed by atoms with Crippen molar-refractivity contribution in [1.29, 1.82) is 0 Å². The molecule has 2 amide bonds. The first-order valence-corrected chi connectivity index (χ1v) is 19.2. The van der Waals surface area contributed by atoms with E-state index in [9.17, 15) is 63.1 Å². The molecule has 2 aliphatic carbocycles. The van der Waals surface area contributed by atoms with Crippen LogP contribution in [0.15, 0.2) is 11.6 Å². The number of halogens is 10. The van der Waals surface area contributed by atoms with E-state index in [-0.39, 0.29) is 58.0 Å². The summed E-state index contributed by atoms with van der Waals surface area (Å²) in [6.07, 6.45) is 5.79. The molecule has 2 unspecified atom stereocenters. The quantitative estimate of drug-likeness (QED) is 0.0253. The zero-order valence-corrected chi connectivity index (χ0v) is 32.8. The van der Waals surface area contributed by atoms with Gasteiger partial charge < -0.3 is 43.8 Å². The van der Waals surface area contributed by atoms with Crippen LogP contribution in [0.4, 0.5) is 43.9 Å². The molecule has 0 radical (unpaired) electrons. The molecule has 0 saturated heterocycles. The summed E-state index contributed by atoms with van der Waals surface area (Å²) >= 11 is 0. The molecule has 1 fully saturated rings. The fraction of sp³-hybridized carbons (Fsp3) is 0.538. The topological polar surface area (TPSA) is 157 Å². The highest BCUT2D eigenvalue weighted by atomic mass is 19.2. The zero-order chi connectivity index (χ0) is 45.3. The van der Waals surface area contributed by atoms with E-state index in [2.05, 4.69) is 26.2 Å². The number of rotatable bonds is 25. The summed E-state index contributed by atoms with van der Waals surface area (Å²) in [5.41, 5.74) is 1.28. The lowest BCUT2D eigenvalue weighted by molar-refractivity contribution is -0.136. The molecule has 0 aliphatic heterocycles. The fourth-order valence-corrected chi connectivity index (χ4v) is 5.85. The van der Waals surface area contributed by atoms with Crippen molar-refractivity contribution in [2.24, 2.45) is 5.92 Å². The molecule has 2 aromatic rings. The molecule has 2 N–H and O–H groups in total. The third-order valence-corrected chi connectivity index (χ3v) is 9.07. The van der Waals surface area contributed by atoms with E-state index in [1.807, 2.05) is 0 Å². The highest BCUT2D eigenvalue weighted by molar-refractivity contribution is 5.77. The highest BCUT2D eigenvalue weighted by Crippen LogP contribution is 2.41. The third kappa shape index (κ3) is 14.9. The normalized spacial score (nSPS) is 16.0. The van der Waals surface area contributed by atoms with E-state index >= 15 is 0 Å². The maximum atomic E-state index is 13.9. The van der Waals surface area contributed by atoms with E-state index in [1.165, 1.54) is 12.0 Å². The van der Waals surface area contributed by atoms with Gasteiger partial charge in [0, 0.05) is 18.9 Å². The van der Waals surface area contributed by atoms with E-state index in [4.69, 9.17) is 23.7 Å². The van der Waals surface area contributed by atoms with Gasteiger partial charge in [0.1, 0.15) is 6.61 Å². The number of amides is 2. The van der Waals surface area contributed by atoms with Crippen molar-refractivity contribution >= 4 is 23.8 Å². The lowest BCUT2D eigenvalue weighted by atomic mass is 9.98. The van der Waals surface area contributed by atoms with Gasteiger partial charge in [-0.2, -0.15) is 17.6 Å². The van der Waals surface area contributed by atoms with Crippen LogP contribution in [0, 0.1) is 64.1 Å². The summed E-state index contributed by atoms with van der Waals surface area (Å²) in [6, 6.07) is -1.08. The first-order chi connectivity index (χ1) is 29.6. The van der Waals surface area contributed by atoms with Crippen LogP contribution < -0.4 is 20.1 Å². The molecule has 0 bridgehead atoms. The van der Waals surface area contributed by atoms with Gasteiger partial charge in [0.15, 0.2) is 0 Å². The van der Waals surface area contributed by atoms with Crippen LogP contribution in [0.2, 0.25) is 0 Å². The third-order valence-electron chi connectivity index (χ3n) is 9.07. The Morgan fingerprint density at radius 2 is 1.02 bits per heavy atom. The molecule has 23 heteroatoms. The Morgan fingerprint density at radius 1 is 0.548 bits per heavy atom. The number of hydrogen-bond acceptors (Lipinski definition) is 11. The summed E-state index contributed by atoms with van der Waals surface area (Å²) in [5, 5.41) is 5.19. The Kier molecular flexibility index (Phi) is 19.9. The van der Waals surface area contributed by atoms with Gasteiger partial charge in [0.05, 0.1) is 77.8 Å². The predicted molar refractivity (Wildman–Crippen MR) is 190 cm³/mol. The Labute approximate surface area is 347 Å². The Hall–Kier alpha value is -4.84. The minimum atomic E-state index is -2.47. The molecular formula is C39H42F10N2O11. The number of benzene rings is 2. The first kappa shape index (κ1) is 49.8. The van der Waals surface area contributed by atoms with Crippen LogP contribution in [-0.4, -0.2) is 102 Å². The van der Waals surface area contributed by atoms with Crippen LogP contribution >= 0.6 is 0 Å². The van der Waals surface area contributed by atoms with Crippen molar-refractivity contribution in [3.63, 3.8) is 0 Å². The number of fused-ring (bicyclic) bond motifs is 1. The maximum absolute atomic E-state index is 13.9. The molecule has 1 saturated carbocycles. The van der Waals surface area contributed by atoms with Crippen LogP contribution in [0.1, 0.15) is 51.4 Å². The summed E-state index contributed by atoms with van der Waals surface area (Å²) in [6.45, 7) is -1.68. The van der Waals surface area contributed by atoms with E-state index in [0.29, 0.717) is 5.92 Å². The summed E-state index contributed by atoms with van der Waals surface area (Å²) in [5.74, 6) is -30.9. The summed E-state index contributed by atoms with van der Waals surface area (Å²) in [4.78, 5) is 48.9. The predicted octanol–water partition coefficient (Wildman–Crippen LogP) is 5.33. The van der Waals surface area contributed by atoms with Crippen LogP contribution in [0.5, 0.6) is 11.5 Å². The molecule has 2 aliphatic rings. The molecule has 62 heavy (non-hydrogen) atoms. The Morgan fingerprint density at radius 3 is 1.55 bits per heavy atom. The summed E-state index contributed by atoms with van der Waals surface area (Å²) in [7, 11) is 0. The number of allylic oxidation sites excluding steroid dienone is 1. The van der Waals surface area contributed by atoms with Crippen LogP contribution in [0.3, 0.4) is 0 Å². The fourth-order valence-electron chi connectivity index (χ4n) is 5.85. The first-order valence-electron chi connectivity index (χ1n) is 19.2. The number of carbonyl (C=O) groups excluding carboxylic acids is 4. The van der Waals surface area contributed by atoms with Crippen molar-refractivity contribution in [3.8, 4) is 11.5 Å². The van der Waals surface area contributed by atoms with E-state index in [0.717, 1.165) is 25.7 Å². The van der Waals surface area contributed by atoms with Gasteiger partial charge in [-0.15, -0.1) is 0 Å². The lowest BCUT2D eigenvalue weighted by Crippen LogP contribution is -2.42. The Bertz CT molecular complexity index is 1790. The van der Waals surface area contributed by atoms with E-state index in [1.54, 1.807) is 0 Å². The molecule has 0 aromatic heterocycles. The number of nitrogens with one attached hydrogen (secondary N) is 2. The van der Waals surface area contributed by atoms with Crippen molar-refractivity contribution in [1.82, 2.24) is 10.6 Å². The standard InChI is InChI=1S/C39H42F10N2O11/c40-28-30(42)34(46)38(35(47)31(28)43)61-26(54)7-11-58-17-21(18-59-12-8-27(55)62-39-36(48)32(44)29(41)33(45)37(39)49)51-24(52)6-10-56-14-15-57-13-9-50-25(53)19-60-23-5-3-1-2-4-20-16-22(20)23/h16,20-21,23H,1-15,17-19H2,(H,50,53)(H,51,52). The number of carbonyl (C=O) groups is 4. The number of ether oxygens (including phenoxy) is 7. The molecule has 0 spiro atoms. The molecule has 2 atom stereocenters. The minimum Gasteiger partial charge on any atom is -0.420 e. The van der Waals surface area contributed by atoms with Crippen molar-refractivity contribution in [3.05, 3.63) is 69.8 Å². The second kappa shape index (κ2) is 24.7. The Balaban J connectivity index is 1.15. The average Bonchev–Trinajstić information content (AvgIpc) is 4.01. The lowest BCUT2D eigenvalue weighted by Gasteiger charge is -2.19. The van der Waals surface area contributed by atoms with Crippen LogP contribution in [-0.2, 0) is 42.9 Å². The largest absolute Gasteiger partial charge is 0.420 e. The second-order valence-electron chi connectivity index (χ2n) is 13.7. The number of hydrogen-bond donors (Lipinski definition) is 2. The SMILES string of the molecule is O=C(COC1CCCCCC2C=C21)NCCOCCOCCC(=O)NC(COCCC(=O)Oc1c(F)c(F)c(F)c(F)c1F)COCCC(=O)Oc1c(F)c(F)c(F)c(F)c1F. The van der Waals surface area contributed by atoms with Crippen LogP contribution in [0.25, 0.3) is 0 Å². The van der Waals surface area contributed by atoms with Gasteiger partial charge in [-0.1, -0.05) is 25.3 Å². The number of esters is 2. The van der Waals surface area contributed by atoms with Gasteiger partial charge >= 0.3 is 11.9 Å². The van der Waals surface area contributed by atoms with Crippen molar-refractivity contribution in [2.75, 3.05) is 66.0 Å². The molecule has 344 valence electrons. The molecular weight excluding hydrogens is 862 g/mol. The zero-order valence-electron chi connectivity index (χ0n) is 32.8. The molecule has 2 aromatic carbocycles. The van der Waals surface area contributed by atoms with Crippen molar-refractivity contribution in [2.45, 2.75) is 63.5 Å². The van der Waals surface area contributed by atoms with E-state index < -0.39 is 133 Å². The smallest absolute Gasteiger partial charge is 0.313 e. The van der Waals surface area contributed by atoms with Gasteiger partial charge in [0.2, 0.25) is 81.5 Å². The summed E-state index contributed by atoms with van der Waals surface area (Å²) < 4.78 is 171. The maximum Gasteiger partial charge on any atom is 0.313 e. The van der Waals surface area contributed by atoms with Gasteiger partial charge in [0.25, 0.3) is 0 Å².